The fourth-order valence-corrected chi connectivity index (χ4v) is 4.18. The molecule has 1 aliphatic heterocycles. The average Bonchev–Trinajstić information content (AvgIpc) is 3.48. The molecule has 2 aromatic carbocycles. The lowest BCUT2D eigenvalue weighted by molar-refractivity contribution is -0.118. The van der Waals surface area contributed by atoms with Crippen molar-refractivity contribution in [2.75, 3.05) is 6.54 Å². The summed E-state index contributed by atoms with van der Waals surface area (Å²) >= 11 is 0. The molecule has 1 aromatic heterocycles. The number of nitrogens with zero attached hydrogens (tertiary/aromatic N) is 3. The number of urea groups is 1. The Labute approximate surface area is 207 Å². The first-order valence-corrected chi connectivity index (χ1v) is 11.6. The molecule has 0 bridgehead atoms. The van der Waals surface area contributed by atoms with E-state index in [1.807, 2.05) is 0 Å². The van der Waals surface area contributed by atoms with Gasteiger partial charge >= 0.3 is 6.03 Å². The van der Waals surface area contributed by atoms with Gasteiger partial charge in [-0.25, -0.2) is 4.79 Å². The molecule has 11 nitrogen and oxygen atoms in total. The third-order valence-corrected chi connectivity index (χ3v) is 6.17. The van der Waals surface area contributed by atoms with Gasteiger partial charge in [0.2, 0.25) is 5.89 Å². The highest BCUT2D eigenvalue weighted by molar-refractivity contribution is 5.87. The fraction of sp³-hybridized carbons (Fsp3) is 0.360. The van der Waals surface area contributed by atoms with E-state index < -0.39 is 30.3 Å². The molecule has 0 radical (unpaired) electrons. The van der Waals surface area contributed by atoms with E-state index in [2.05, 4.69) is 15.5 Å². The van der Waals surface area contributed by atoms with E-state index in [0.717, 1.165) is 11.1 Å². The van der Waals surface area contributed by atoms with Crippen LogP contribution in [0.4, 0.5) is 4.79 Å². The van der Waals surface area contributed by atoms with Crippen molar-refractivity contribution in [3.8, 4) is 11.5 Å². The second-order valence-electron chi connectivity index (χ2n) is 9.01. The summed E-state index contributed by atoms with van der Waals surface area (Å²) in [5, 5.41) is 35.9. The molecular formula is C25H29N5O6. The lowest BCUT2D eigenvalue weighted by Gasteiger charge is -2.25. The molecule has 6 N–H and O–H groups in total. The summed E-state index contributed by atoms with van der Waals surface area (Å²) in [5.74, 6) is 0.442. The SMILES string of the molecule is CC(=O)[C@H](Cc1ccc(O)cc1)NC(=O)N1CC(O)C[C@H]1c1nc([C@@H](N)Cc2ccc(O)cc2)no1. The quantitative estimate of drug-likeness (QED) is 0.312. The smallest absolute Gasteiger partial charge is 0.318 e. The number of rotatable bonds is 8. The van der Waals surface area contributed by atoms with E-state index in [4.69, 9.17) is 10.3 Å². The number of ketones is 1. The summed E-state index contributed by atoms with van der Waals surface area (Å²) in [6.45, 7) is 1.43. The van der Waals surface area contributed by atoms with Gasteiger partial charge in [-0.05, 0) is 55.2 Å². The molecule has 3 aromatic rings. The molecule has 0 aliphatic carbocycles. The van der Waals surface area contributed by atoms with Gasteiger partial charge in [0, 0.05) is 13.0 Å². The number of carbonyl (C=O) groups is 2. The molecule has 1 saturated heterocycles. The number of aliphatic hydroxyl groups is 1. The van der Waals surface area contributed by atoms with Crippen LogP contribution in [-0.2, 0) is 17.6 Å². The zero-order valence-corrected chi connectivity index (χ0v) is 19.7. The van der Waals surface area contributed by atoms with Gasteiger partial charge in [-0.15, -0.1) is 0 Å². The van der Waals surface area contributed by atoms with E-state index in [-0.39, 0.29) is 48.4 Å². The molecule has 11 heteroatoms. The van der Waals surface area contributed by atoms with Crippen LogP contribution in [0.15, 0.2) is 53.1 Å². The third-order valence-electron chi connectivity index (χ3n) is 6.17. The number of aliphatic hydroxyl groups excluding tert-OH is 1. The van der Waals surface area contributed by atoms with Crippen molar-refractivity contribution in [3.05, 3.63) is 71.4 Å². The molecule has 36 heavy (non-hydrogen) atoms. The summed E-state index contributed by atoms with van der Waals surface area (Å²) in [4.78, 5) is 31.1. The summed E-state index contributed by atoms with van der Waals surface area (Å²) < 4.78 is 5.41. The molecule has 4 atom stereocenters. The number of benzene rings is 2. The van der Waals surface area contributed by atoms with Gasteiger partial charge in [0.1, 0.15) is 17.5 Å². The topological polar surface area (TPSA) is 175 Å². The molecule has 2 heterocycles. The zero-order valence-electron chi connectivity index (χ0n) is 19.7. The molecular weight excluding hydrogens is 466 g/mol. The second-order valence-corrected chi connectivity index (χ2v) is 9.01. The Bertz CT molecular complexity index is 1200. The van der Waals surface area contributed by atoms with Crippen LogP contribution in [0.5, 0.6) is 11.5 Å². The van der Waals surface area contributed by atoms with Crippen LogP contribution in [0.1, 0.15) is 48.3 Å². The Morgan fingerprint density at radius 3 is 2.25 bits per heavy atom. The highest BCUT2D eigenvalue weighted by Gasteiger charge is 2.40. The number of likely N-dealkylation sites (tertiary alicyclic amines) is 1. The maximum absolute atomic E-state index is 13.1. The van der Waals surface area contributed by atoms with Crippen LogP contribution in [-0.4, -0.2) is 60.9 Å². The Morgan fingerprint density at radius 2 is 1.67 bits per heavy atom. The zero-order chi connectivity index (χ0) is 25.8. The highest BCUT2D eigenvalue weighted by Crippen LogP contribution is 2.32. The highest BCUT2D eigenvalue weighted by atomic mass is 16.5. The van der Waals surface area contributed by atoms with Crippen molar-refractivity contribution >= 4 is 11.8 Å². The van der Waals surface area contributed by atoms with E-state index in [9.17, 15) is 24.9 Å². The lowest BCUT2D eigenvalue weighted by Crippen LogP contribution is -2.48. The number of aromatic hydroxyl groups is 2. The summed E-state index contributed by atoms with van der Waals surface area (Å²) in [6.07, 6.45) is 0.0630. The number of nitrogens with two attached hydrogens (primary N) is 1. The average molecular weight is 496 g/mol. The molecule has 0 spiro atoms. The van der Waals surface area contributed by atoms with Crippen molar-refractivity contribution in [1.82, 2.24) is 20.4 Å². The minimum atomic E-state index is -0.797. The number of hydrogen-bond donors (Lipinski definition) is 5. The second kappa shape index (κ2) is 10.8. The lowest BCUT2D eigenvalue weighted by atomic mass is 10.0. The maximum Gasteiger partial charge on any atom is 0.318 e. The molecule has 0 saturated carbocycles. The predicted octanol–water partition coefficient (Wildman–Crippen LogP) is 1.74. The first-order chi connectivity index (χ1) is 17.2. The van der Waals surface area contributed by atoms with Gasteiger partial charge in [-0.1, -0.05) is 29.4 Å². The Hall–Kier alpha value is -3.96. The van der Waals surface area contributed by atoms with Gasteiger partial charge in [-0.3, -0.25) is 4.79 Å². The summed E-state index contributed by atoms with van der Waals surface area (Å²) in [6, 6.07) is 10.4. The van der Waals surface area contributed by atoms with Gasteiger partial charge in [0.15, 0.2) is 11.6 Å². The van der Waals surface area contributed by atoms with Crippen LogP contribution in [0.2, 0.25) is 0 Å². The van der Waals surface area contributed by atoms with Crippen molar-refractivity contribution in [3.63, 3.8) is 0 Å². The molecule has 1 fully saturated rings. The van der Waals surface area contributed by atoms with Gasteiger partial charge < -0.3 is 35.8 Å². The Kier molecular flexibility index (Phi) is 7.51. The van der Waals surface area contributed by atoms with Gasteiger partial charge in [-0.2, -0.15) is 4.98 Å². The maximum atomic E-state index is 13.1. The number of nitrogens with one attached hydrogen (secondary N) is 1. The minimum Gasteiger partial charge on any atom is -0.508 e. The standard InChI is InChI=1S/C25H29N5O6/c1-14(31)21(11-16-4-8-18(33)9-5-16)27-25(35)30-13-19(34)12-22(30)24-28-23(29-36-24)20(26)10-15-2-6-17(32)7-3-15/h2-9,19-22,32-34H,10-13,26H2,1H3,(H,27,35)/t19?,20-,21-,22-/m0/s1. The van der Waals surface area contributed by atoms with Crippen molar-refractivity contribution < 1.29 is 29.4 Å². The van der Waals surface area contributed by atoms with Crippen molar-refractivity contribution in [1.29, 1.82) is 0 Å². The molecule has 1 unspecified atom stereocenters. The monoisotopic (exact) mass is 495 g/mol. The number of carbonyl (C=O) groups excluding carboxylic acids is 2. The van der Waals surface area contributed by atoms with Crippen LogP contribution in [0.3, 0.4) is 0 Å². The van der Waals surface area contributed by atoms with Gasteiger partial charge in [0.25, 0.3) is 0 Å². The first-order valence-electron chi connectivity index (χ1n) is 11.6. The molecule has 1 aliphatic rings. The summed E-state index contributed by atoms with van der Waals surface area (Å²) in [5.41, 5.74) is 7.89. The number of β-amino-alcohol motifs (C(OH)–C–C–N with tert-alkyl or cyclic N) is 1. The van der Waals surface area contributed by atoms with Crippen LogP contribution < -0.4 is 11.1 Å². The molecule has 2 amide bonds. The number of aromatic nitrogens is 2. The number of hydrogen-bond acceptors (Lipinski definition) is 9. The number of phenols is 2. The normalized spacial score (nSPS) is 19.1. The van der Waals surface area contributed by atoms with Crippen molar-refractivity contribution in [2.45, 2.75) is 50.4 Å². The van der Waals surface area contributed by atoms with Gasteiger partial charge in [0.05, 0.1) is 18.2 Å². The Balaban J connectivity index is 1.44. The van der Waals surface area contributed by atoms with Crippen LogP contribution in [0.25, 0.3) is 0 Å². The van der Waals surface area contributed by atoms with Crippen LogP contribution in [0, 0.1) is 0 Å². The Morgan fingerprint density at radius 1 is 1.08 bits per heavy atom. The summed E-state index contributed by atoms with van der Waals surface area (Å²) in [7, 11) is 0. The van der Waals surface area contributed by atoms with Crippen molar-refractivity contribution in [2.24, 2.45) is 5.73 Å². The largest absolute Gasteiger partial charge is 0.508 e. The molecule has 190 valence electrons. The van der Waals surface area contributed by atoms with Crippen LogP contribution >= 0.6 is 0 Å². The van der Waals surface area contributed by atoms with E-state index in [1.54, 1.807) is 36.4 Å². The first kappa shape index (κ1) is 25.1. The van der Waals surface area contributed by atoms with E-state index in [0.29, 0.717) is 6.42 Å². The van der Waals surface area contributed by atoms with E-state index in [1.165, 1.54) is 24.0 Å². The fourth-order valence-electron chi connectivity index (χ4n) is 4.18. The molecule has 4 rings (SSSR count). The third kappa shape index (κ3) is 5.99. The number of phenolic OH excluding ortho intramolecular Hbond substituents is 2. The predicted molar refractivity (Wildman–Crippen MR) is 128 cm³/mol. The number of Topliss-reactive ketones (excluding diaryl/α,β-unsaturated/α-hetero) is 1. The minimum absolute atomic E-state index is 0.0393. The number of amides is 2. The van der Waals surface area contributed by atoms with E-state index >= 15 is 0 Å².